The molecular weight excluding hydrogens is 324 g/mol. The minimum absolute atomic E-state index is 0.0704. The van der Waals surface area contributed by atoms with Crippen LogP contribution in [0.5, 0.6) is 0 Å². The fourth-order valence-electron chi connectivity index (χ4n) is 2.38. The second-order valence-corrected chi connectivity index (χ2v) is 7.47. The molecule has 0 heterocycles. The van der Waals surface area contributed by atoms with Gasteiger partial charge in [-0.1, -0.05) is 42.8 Å². The van der Waals surface area contributed by atoms with E-state index in [0.29, 0.717) is 5.56 Å². The Hall–Kier alpha value is -2.18. The normalized spacial score (nSPS) is 12.6. The van der Waals surface area contributed by atoms with Gasteiger partial charge >= 0.3 is 0 Å². The molecule has 0 saturated carbocycles. The molecule has 0 unspecified atom stereocenters. The fourth-order valence-corrected chi connectivity index (χ4v) is 3.16. The Bertz CT molecular complexity index is 814. The average molecular weight is 346 g/mol. The standard InChI is InChI=1S/C18H22N2O3S/c1-4-17(14-10-8-13(2)9-11-14)20-18(21)15-6-5-7-16(12-15)24(22,23)19-3/h5-12,17,19H,4H2,1-3H3,(H,20,21)/t17-/m0/s1. The number of carbonyl (C=O) groups excluding carboxylic acids is 1. The first-order valence-electron chi connectivity index (χ1n) is 7.78. The Labute approximate surface area is 143 Å². The van der Waals surface area contributed by atoms with E-state index in [9.17, 15) is 13.2 Å². The number of benzene rings is 2. The van der Waals surface area contributed by atoms with Crippen LogP contribution in [0.2, 0.25) is 0 Å². The molecule has 5 nitrogen and oxygen atoms in total. The summed E-state index contributed by atoms with van der Waals surface area (Å²) in [7, 11) is -2.24. The molecule has 0 aliphatic heterocycles. The van der Waals surface area contributed by atoms with E-state index in [4.69, 9.17) is 0 Å². The summed E-state index contributed by atoms with van der Waals surface area (Å²) in [5.74, 6) is -0.296. The van der Waals surface area contributed by atoms with Crippen LogP contribution in [0.4, 0.5) is 0 Å². The molecule has 2 N–H and O–H groups in total. The monoisotopic (exact) mass is 346 g/mol. The van der Waals surface area contributed by atoms with Crippen molar-refractivity contribution in [2.24, 2.45) is 0 Å². The molecule has 6 heteroatoms. The van der Waals surface area contributed by atoms with Crippen LogP contribution in [0.15, 0.2) is 53.4 Å². The number of rotatable bonds is 6. The lowest BCUT2D eigenvalue weighted by Crippen LogP contribution is -2.28. The zero-order chi connectivity index (χ0) is 17.7. The van der Waals surface area contributed by atoms with Crippen molar-refractivity contribution in [1.29, 1.82) is 0 Å². The molecule has 2 aromatic carbocycles. The molecule has 0 radical (unpaired) electrons. The van der Waals surface area contributed by atoms with Gasteiger partial charge in [0.25, 0.3) is 5.91 Å². The van der Waals surface area contributed by atoms with E-state index in [2.05, 4.69) is 10.0 Å². The third kappa shape index (κ3) is 4.21. The third-order valence-electron chi connectivity index (χ3n) is 3.87. The van der Waals surface area contributed by atoms with Crippen molar-refractivity contribution in [1.82, 2.24) is 10.0 Å². The van der Waals surface area contributed by atoms with E-state index in [-0.39, 0.29) is 16.8 Å². The Kier molecular flexibility index (Phi) is 5.75. The van der Waals surface area contributed by atoms with Crippen LogP contribution < -0.4 is 10.0 Å². The predicted octanol–water partition coefficient (Wildman–Crippen LogP) is 2.78. The van der Waals surface area contributed by atoms with Gasteiger partial charge in [-0.25, -0.2) is 13.1 Å². The average Bonchev–Trinajstić information content (AvgIpc) is 2.60. The van der Waals surface area contributed by atoms with Crippen molar-refractivity contribution in [2.75, 3.05) is 7.05 Å². The minimum Gasteiger partial charge on any atom is -0.345 e. The summed E-state index contributed by atoms with van der Waals surface area (Å²) in [5, 5.41) is 2.96. The van der Waals surface area contributed by atoms with Crippen molar-refractivity contribution >= 4 is 15.9 Å². The van der Waals surface area contributed by atoms with Gasteiger partial charge in [-0.3, -0.25) is 4.79 Å². The van der Waals surface area contributed by atoms with Crippen molar-refractivity contribution in [3.63, 3.8) is 0 Å². The van der Waals surface area contributed by atoms with Gasteiger partial charge in [-0.05, 0) is 44.2 Å². The fraction of sp³-hybridized carbons (Fsp3) is 0.278. The van der Waals surface area contributed by atoms with Crippen molar-refractivity contribution in [3.8, 4) is 0 Å². The van der Waals surface area contributed by atoms with E-state index in [1.807, 2.05) is 38.1 Å². The topological polar surface area (TPSA) is 75.3 Å². The summed E-state index contributed by atoms with van der Waals surface area (Å²) in [4.78, 5) is 12.6. The second kappa shape index (κ2) is 7.59. The molecule has 0 aliphatic rings. The number of carbonyl (C=O) groups is 1. The summed E-state index contributed by atoms with van der Waals surface area (Å²) in [6.45, 7) is 4.00. The zero-order valence-electron chi connectivity index (χ0n) is 14.0. The van der Waals surface area contributed by atoms with E-state index in [1.54, 1.807) is 12.1 Å². The molecule has 0 saturated heterocycles. The van der Waals surface area contributed by atoms with Crippen molar-refractivity contribution < 1.29 is 13.2 Å². The Morgan fingerprint density at radius 1 is 1.12 bits per heavy atom. The first-order valence-corrected chi connectivity index (χ1v) is 9.26. The van der Waals surface area contributed by atoms with E-state index >= 15 is 0 Å². The minimum atomic E-state index is -3.58. The molecular formula is C18H22N2O3S. The summed E-state index contributed by atoms with van der Waals surface area (Å²) in [6.07, 6.45) is 0.739. The van der Waals surface area contributed by atoms with Crippen LogP contribution in [0, 0.1) is 6.92 Å². The number of nitrogens with one attached hydrogen (secondary N) is 2. The van der Waals surface area contributed by atoms with Gasteiger partial charge in [-0.2, -0.15) is 0 Å². The molecule has 2 rings (SSSR count). The van der Waals surface area contributed by atoms with Crippen LogP contribution in [-0.2, 0) is 10.0 Å². The quantitative estimate of drug-likeness (QED) is 0.844. The first kappa shape index (κ1) is 18.2. The Morgan fingerprint density at radius 2 is 1.79 bits per heavy atom. The van der Waals surface area contributed by atoms with E-state index in [1.165, 1.54) is 19.2 Å². The maximum atomic E-state index is 12.5. The maximum absolute atomic E-state index is 12.5. The van der Waals surface area contributed by atoms with Gasteiger partial charge in [0.2, 0.25) is 10.0 Å². The van der Waals surface area contributed by atoms with Crippen LogP contribution in [0.1, 0.15) is 40.9 Å². The summed E-state index contributed by atoms with van der Waals surface area (Å²) < 4.78 is 26.0. The third-order valence-corrected chi connectivity index (χ3v) is 5.28. The first-order chi connectivity index (χ1) is 11.4. The molecule has 1 amide bonds. The number of amides is 1. The lowest BCUT2D eigenvalue weighted by atomic mass is 10.0. The molecule has 0 fully saturated rings. The van der Waals surface area contributed by atoms with Crippen molar-refractivity contribution in [2.45, 2.75) is 31.2 Å². The Morgan fingerprint density at radius 3 is 2.38 bits per heavy atom. The van der Waals surface area contributed by atoms with E-state index < -0.39 is 10.0 Å². The predicted molar refractivity (Wildman–Crippen MR) is 94.4 cm³/mol. The van der Waals surface area contributed by atoms with Gasteiger partial charge in [0.15, 0.2) is 0 Å². The molecule has 0 aliphatic carbocycles. The molecule has 2 aromatic rings. The molecule has 1 atom stereocenters. The summed E-state index contributed by atoms with van der Waals surface area (Å²) in [6, 6.07) is 13.9. The smallest absolute Gasteiger partial charge is 0.251 e. The second-order valence-electron chi connectivity index (χ2n) is 5.58. The zero-order valence-corrected chi connectivity index (χ0v) is 14.9. The molecule has 0 aromatic heterocycles. The highest BCUT2D eigenvalue weighted by Crippen LogP contribution is 2.18. The molecule has 0 bridgehead atoms. The number of hydrogen-bond acceptors (Lipinski definition) is 3. The highest BCUT2D eigenvalue weighted by Gasteiger charge is 2.17. The van der Waals surface area contributed by atoms with Gasteiger partial charge in [0, 0.05) is 5.56 Å². The summed E-state index contributed by atoms with van der Waals surface area (Å²) >= 11 is 0. The molecule has 0 spiro atoms. The van der Waals surface area contributed by atoms with Crippen LogP contribution in [-0.4, -0.2) is 21.4 Å². The van der Waals surface area contributed by atoms with Crippen LogP contribution >= 0.6 is 0 Å². The number of aryl methyl sites for hydroxylation is 1. The van der Waals surface area contributed by atoms with E-state index in [0.717, 1.165) is 17.5 Å². The maximum Gasteiger partial charge on any atom is 0.251 e. The lowest BCUT2D eigenvalue weighted by Gasteiger charge is -2.18. The van der Waals surface area contributed by atoms with Gasteiger partial charge < -0.3 is 5.32 Å². The highest BCUT2D eigenvalue weighted by atomic mass is 32.2. The lowest BCUT2D eigenvalue weighted by molar-refractivity contribution is 0.0935. The van der Waals surface area contributed by atoms with Gasteiger partial charge in [0.1, 0.15) is 0 Å². The van der Waals surface area contributed by atoms with Crippen LogP contribution in [0.3, 0.4) is 0 Å². The summed E-state index contributed by atoms with van der Waals surface area (Å²) in [5.41, 5.74) is 2.50. The number of hydrogen-bond donors (Lipinski definition) is 2. The molecule has 24 heavy (non-hydrogen) atoms. The van der Waals surface area contributed by atoms with Crippen LogP contribution in [0.25, 0.3) is 0 Å². The van der Waals surface area contributed by atoms with Crippen molar-refractivity contribution in [3.05, 3.63) is 65.2 Å². The van der Waals surface area contributed by atoms with Gasteiger partial charge in [0.05, 0.1) is 10.9 Å². The highest BCUT2D eigenvalue weighted by molar-refractivity contribution is 7.89. The Balaban J connectivity index is 2.22. The largest absolute Gasteiger partial charge is 0.345 e. The number of sulfonamides is 1. The van der Waals surface area contributed by atoms with Gasteiger partial charge in [-0.15, -0.1) is 0 Å². The SMILES string of the molecule is CC[C@H](NC(=O)c1cccc(S(=O)(=O)NC)c1)c1ccc(C)cc1. The molecule has 128 valence electrons.